The second-order valence-corrected chi connectivity index (χ2v) is 8.07. The lowest BCUT2D eigenvalue weighted by Crippen LogP contribution is -2.36. The van der Waals surface area contributed by atoms with Gasteiger partial charge in [-0.2, -0.15) is 0 Å². The molecule has 0 aliphatic rings. The van der Waals surface area contributed by atoms with Crippen LogP contribution in [0.15, 0.2) is 41.3 Å². The van der Waals surface area contributed by atoms with Crippen molar-refractivity contribution < 1.29 is 22.3 Å². The van der Waals surface area contributed by atoms with Crippen LogP contribution in [0.2, 0.25) is 15.1 Å². The fourth-order valence-corrected chi connectivity index (χ4v) is 4.17. The van der Waals surface area contributed by atoms with Crippen molar-refractivity contribution in [3.8, 4) is 0 Å². The predicted molar refractivity (Wildman–Crippen MR) is 99.0 cm³/mol. The second-order valence-electron chi connectivity index (χ2n) is 4.99. The van der Waals surface area contributed by atoms with Gasteiger partial charge in [0.2, 0.25) is 0 Å². The standard InChI is InChI=1S/C16H13Cl3FNO4S/c1-2-25-16(22)9-21(15-8-13(18)12(17)7-14(15)19)26(23,24)11-5-3-10(20)4-6-11/h3-8H,2,9H2,1H3. The van der Waals surface area contributed by atoms with Crippen molar-refractivity contribution in [1.29, 1.82) is 0 Å². The van der Waals surface area contributed by atoms with Gasteiger partial charge >= 0.3 is 5.97 Å². The molecular formula is C16H13Cl3FNO4S. The topological polar surface area (TPSA) is 63.7 Å². The molecule has 0 aliphatic carbocycles. The first-order chi connectivity index (χ1) is 12.2. The minimum absolute atomic E-state index is 0.0330. The minimum atomic E-state index is -4.26. The smallest absolute Gasteiger partial charge is 0.326 e. The molecule has 0 aromatic heterocycles. The summed E-state index contributed by atoms with van der Waals surface area (Å²) in [6, 6.07) is 6.63. The molecule has 0 saturated heterocycles. The third kappa shape index (κ3) is 4.59. The average molecular weight is 441 g/mol. The molecule has 0 amide bonds. The van der Waals surface area contributed by atoms with Crippen LogP contribution < -0.4 is 4.31 Å². The molecule has 2 aromatic rings. The van der Waals surface area contributed by atoms with E-state index in [2.05, 4.69) is 0 Å². The lowest BCUT2D eigenvalue weighted by atomic mass is 10.3. The van der Waals surface area contributed by atoms with E-state index in [9.17, 15) is 17.6 Å². The highest BCUT2D eigenvalue weighted by Crippen LogP contribution is 2.37. The van der Waals surface area contributed by atoms with E-state index in [0.717, 1.165) is 28.6 Å². The summed E-state index contributed by atoms with van der Waals surface area (Å²) in [4.78, 5) is 11.7. The van der Waals surface area contributed by atoms with E-state index in [-0.39, 0.29) is 32.3 Å². The van der Waals surface area contributed by atoms with Crippen LogP contribution in [-0.2, 0) is 19.6 Å². The number of carbonyl (C=O) groups excluding carboxylic acids is 1. The normalized spacial score (nSPS) is 11.3. The molecule has 0 spiro atoms. The first-order valence-electron chi connectivity index (χ1n) is 7.25. The van der Waals surface area contributed by atoms with Crippen LogP contribution in [-0.4, -0.2) is 27.5 Å². The quantitative estimate of drug-likeness (QED) is 0.488. The zero-order valence-corrected chi connectivity index (χ0v) is 16.5. The monoisotopic (exact) mass is 439 g/mol. The van der Waals surface area contributed by atoms with Gasteiger partial charge in [0.1, 0.15) is 12.4 Å². The van der Waals surface area contributed by atoms with E-state index in [1.807, 2.05) is 0 Å². The summed E-state index contributed by atoms with van der Waals surface area (Å²) in [5.41, 5.74) is -0.0570. The van der Waals surface area contributed by atoms with Gasteiger partial charge in [-0.15, -0.1) is 0 Å². The van der Waals surface area contributed by atoms with Crippen LogP contribution in [0.4, 0.5) is 10.1 Å². The molecule has 2 aromatic carbocycles. The molecule has 10 heteroatoms. The number of halogens is 4. The maximum atomic E-state index is 13.1. The summed E-state index contributed by atoms with van der Waals surface area (Å²) >= 11 is 18.0. The molecule has 0 bridgehead atoms. The highest BCUT2D eigenvalue weighted by molar-refractivity contribution is 7.92. The van der Waals surface area contributed by atoms with E-state index in [4.69, 9.17) is 39.5 Å². The summed E-state index contributed by atoms with van der Waals surface area (Å²) in [5.74, 6) is -1.39. The number of benzene rings is 2. The Hall–Kier alpha value is -1.54. The van der Waals surface area contributed by atoms with Crippen molar-refractivity contribution in [2.75, 3.05) is 17.5 Å². The van der Waals surface area contributed by atoms with Crippen molar-refractivity contribution in [3.05, 3.63) is 57.3 Å². The molecule has 0 radical (unpaired) electrons. The van der Waals surface area contributed by atoms with Crippen LogP contribution in [0.5, 0.6) is 0 Å². The van der Waals surface area contributed by atoms with Gasteiger partial charge in [-0.25, -0.2) is 12.8 Å². The maximum absolute atomic E-state index is 13.1. The number of hydrogen-bond acceptors (Lipinski definition) is 4. The summed E-state index contributed by atoms with van der Waals surface area (Å²) in [6.45, 7) is 1.01. The number of carbonyl (C=O) groups is 1. The van der Waals surface area contributed by atoms with Gasteiger partial charge in [0.25, 0.3) is 10.0 Å². The Morgan fingerprint density at radius 3 is 2.23 bits per heavy atom. The Bertz CT molecular complexity index is 920. The summed E-state index contributed by atoms with van der Waals surface area (Å²) in [6.07, 6.45) is 0. The molecule has 140 valence electrons. The summed E-state index contributed by atoms with van der Waals surface area (Å²) in [5, 5.41) is 0.138. The first-order valence-corrected chi connectivity index (χ1v) is 9.82. The van der Waals surface area contributed by atoms with E-state index < -0.39 is 28.4 Å². The maximum Gasteiger partial charge on any atom is 0.326 e. The van der Waals surface area contributed by atoms with Crippen LogP contribution in [0.25, 0.3) is 0 Å². The molecule has 5 nitrogen and oxygen atoms in total. The van der Waals surface area contributed by atoms with Crippen molar-refractivity contribution in [2.45, 2.75) is 11.8 Å². The molecule has 0 heterocycles. The van der Waals surface area contributed by atoms with Gasteiger partial charge in [0.05, 0.1) is 32.3 Å². The van der Waals surface area contributed by atoms with E-state index >= 15 is 0 Å². The van der Waals surface area contributed by atoms with Crippen molar-refractivity contribution in [1.82, 2.24) is 0 Å². The molecule has 0 unspecified atom stereocenters. The van der Waals surface area contributed by atoms with Crippen LogP contribution >= 0.6 is 34.8 Å². The summed E-state index contributed by atoms with van der Waals surface area (Å²) < 4.78 is 44.7. The molecule has 26 heavy (non-hydrogen) atoms. The number of anilines is 1. The second kappa shape index (κ2) is 8.43. The highest BCUT2D eigenvalue weighted by atomic mass is 35.5. The summed E-state index contributed by atoms with van der Waals surface area (Å²) in [7, 11) is -4.26. The number of ether oxygens (including phenoxy) is 1. The van der Waals surface area contributed by atoms with Crippen molar-refractivity contribution in [2.24, 2.45) is 0 Å². The van der Waals surface area contributed by atoms with E-state index in [1.54, 1.807) is 6.92 Å². The third-order valence-corrected chi connectivity index (χ3v) is 6.04. The zero-order valence-electron chi connectivity index (χ0n) is 13.4. The molecule has 0 atom stereocenters. The third-order valence-electron chi connectivity index (χ3n) is 3.24. The largest absolute Gasteiger partial charge is 0.465 e. The lowest BCUT2D eigenvalue weighted by molar-refractivity contribution is -0.141. The molecule has 0 saturated carbocycles. The van der Waals surface area contributed by atoms with E-state index in [1.165, 1.54) is 12.1 Å². The minimum Gasteiger partial charge on any atom is -0.465 e. The molecular weight excluding hydrogens is 428 g/mol. The molecule has 0 N–H and O–H groups in total. The van der Waals surface area contributed by atoms with Crippen molar-refractivity contribution in [3.63, 3.8) is 0 Å². The van der Waals surface area contributed by atoms with Gasteiger partial charge < -0.3 is 4.74 Å². The lowest BCUT2D eigenvalue weighted by Gasteiger charge is -2.25. The van der Waals surface area contributed by atoms with Crippen LogP contribution in [0, 0.1) is 5.82 Å². The fourth-order valence-electron chi connectivity index (χ4n) is 2.06. The number of esters is 1. The van der Waals surface area contributed by atoms with Gasteiger partial charge in [0, 0.05) is 0 Å². The zero-order chi connectivity index (χ0) is 19.5. The molecule has 0 aliphatic heterocycles. The number of nitrogens with zero attached hydrogens (tertiary/aromatic N) is 1. The average Bonchev–Trinajstić information content (AvgIpc) is 2.57. The Balaban J connectivity index is 2.59. The first kappa shape index (κ1) is 20.8. The Labute approximate surface area is 165 Å². The molecule has 2 rings (SSSR count). The van der Waals surface area contributed by atoms with E-state index in [0.29, 0.717) is 0 Å². The Morgan fingerprint density at radius 2 is 1.65 bits per heavy atom. The number of sulfonamides is 1. The van der Waals surface area contributed by atoms with Crippen LogP contribution in [0.3, 0.4) is 0 Å². The molecule has 0 fully saturated rings. The van der Waals surface area contributed by atoms with Crippen molar-refractivity contribution >= 4 is 56.5 Å². The number of hydrogen-bond donors (Lipinski definition) is 0. The van der Waals surface area contributed by atoms with Gasteiger partial charge in [-0.05, 0) is 43.3 Å². The van der Waals surface area contributed by atoms with Crippen LogP contribution in [0.1, 0.15) is 6.92 Å². The Morgan fingerprint density at radius 1 is 1.08 bits per heavy atom. The highest BCUT2D eigenvalue weighted by Gasteiger charge is 2.30. The SMILES string of the molecule is CCOC(=O)CN(c1cc(Cl)c(Cl)cc1Cl)S(=O)(=O)c1ccc(F)cc1. The van der Waals surface area contributed by atoms with Gasteiger partial charge in [-0.3, -0.25) is 9.10 Å². The number of rotatable bonds is 6. The Kier molecular flexibility index (Phi) is 6.74. The van der Waals surface area contributed by atoms with Gasteiger partial charge in [-0.1, -0.05) is 34.8 Å². The van der Waals surface area contributed by atoms with Gasteiger partial charge in [0.15, 0.2) is 0 Å². The fraction of sp³-hybridized carbons (Fsp3) is 0.188. The predicted octanol–water partition coefficient (Wildman–Crippen LogP) is 4.54.